The van der Waals surface area contributed by atoms with Crippen LogP contribution in [0.4, 0.5) is 5.69 Å². The van der Waals surface area contributed by atoms with E-state index in [-0.39, 0.29) is 22.0 Å². The Hall–Kier alpha value is -3.05. The highest BCUT2D eigenvalue weighted by Crippen LogP contribution is 2.22. The Labute approximate surface area is 207 Å². The predicted octanol–water partition coefficient (Wildman–Crippen LogP) is 3.35. The summed E-state index contributed by atoms with van der Waals surface area (Å²) in [6.07, 6.45) is 0. The molecule has 35 heavy (non-hydrogen) atoms. The van der Waals surface area contributed by atoms with Gasteiger partial charge in [-0.05, 0) is 63.2 Å². The molecule has 10 heteroatoms. The maximum atomic E-state index is 13.5. The Morgan fingerprint density at radius 3 is 2.11 bits per heavy atom. The van der Waals surface area contributed by atoms with Crippen LogP contribution in [0.25, 0.3) is 0 Å². The number of nitrogens with zero attached hydrogens (tertiary/aromatic N) is 1. The Balaban J connectivity index is 1.92. The molecule has 0 bridgehead atoms. The maximum Gasteiger partial charge on any atom is 0.243 e. The van der Waals surface area contributed by atoms with Crippen molar-refractivity contribution in [3.63, 3.8) is 0 Å². The molecule has 0 unspecified atom stereocenters. The van der Waals surface area contributed by atoms with E-state index in [2.05, 4.69) is 10.0 Å². The summed E-state index contributed by atoms with van der Waals surface area (Å²) < 4.78 is 54.6. The van der Waals surface area contributed by atoms with Gasteiger partial charge in [-0.3, -0.25) is 4.79 Å². The number of benzene rings is 3. The average Bonchev–Trinajstić information content (AvgIpc) is 2.80. The molecule has 186 valence electrons. The minimum Gasteiger partial charge on any atom is -0.325 e. The van der Waals surface area contributed by atoms with Gasteiger partial charge in [0.05, 0.1) is 16.3 Å². The first kappa shape index (κ1) is 26.6. The molecule has 0 fully saturated rings. The standard InChI is InChI=1S/C25H29N3O5S2/c1-18-8-11-22(12-9-18)35(32,33)28(16-21-7-5-6-19(2)14-21)17-25(29)27-24-15-23(13-10-20(24)3)34(30,31)26-4/h5-15,26H,16-17H2,1-4H3,(H,27,29). The number of anilines is 1. The topological polar surface area (TPSA) is 113 Å². The molecular weight excluding hydrogens is 486 g/mol. The van der Waals surface area contributed by atoms with Gasteiger partial charge in [-0.2, -0.15) is 4.31 Å². The van der Waals surface area contributed by atoms with Crippen LogP contribution in [0, 0.1) is 20.8 Å². The number of sulfonamides is 2. The summed E-state index contributed by atoms with van der Waals surface area (Å²) >= 11 is 0. The highest BCUT2D eigenvalue weighted by molar-refractivity contribution is 7.89. The number of amides is 1. The molecule has 0 saturated carbocycles. The molecule has 0 heterocycles. The number of aryl methyl sites for hydroxylation is 3. The summed E-state index contributed by atoms with van der Waals surface area (Å²) in [5, 5.41) is 2.67. The van der Waals surface area contributed by atoms with Crippen LogP contribution in [0.2, 0.25) is 0 Å². The largest absolute Gasteiger partial charge is 0.325 e. The molecule has 8 nitrogen and oxygen atoms in total. The van der Waals surface area contributed by atoms with Gasteiger partial charge in [0.25, 0.3) is 0 Å². The van der Waals surface area contributed by atoms with E-state index in [9.17, 15) is 21.6 Å². The van der Waals surface area contributed by atoms with Gasteiger partial charge in [-0.25, -0.2) is 21.6 Å². The predicted molar refractivity (Wildman–Crippen MR) is 136 cm³/mol. The van der Waals surface area contributed by atoms with E-state index in [1.807, 2.05) is 32.0 Å². The highest BCUT2D eigenvalue weighted by Gasteiger charge is 2.27. The number of carbonyl (C=O) groups is 1. The number of carbonyl (C=O) groups excluding carboxylic acids is 1. The minimum absolute atomic E-state index is 0.00152. The first-order valence-corrected chi connectivity index (χ1v) is 13.8. The van der Waals surface area contributed by atoms with Crippen molar-refractivity contribution in [2.45, 2.75) is 37.1 Å². The van der Waals surface area contributed by atoms with Crippen LogP contribution in [0.3, 0.4) is 0 Å². The summed E-state index contributed by atoms with van der Waals surface area (Å²) in [5.74, 6) is -0.588. The second-order valence-corrected chi connectivity index (χ2v) is 12.1. The molecule has 1 amide bonds. The molecular formula is C25H29N3O5S2. The quantitative estimate of drug-likeness (QED) is 0.454. The van der Waals surface area contributed by atoms with Crippen LogP contribution in [0.1, 0.15) is 22.3 Å². The van der Waals surface area contributed by atoms with Crippen molar-refractivity contribution in [3.8, 4) is 0 Å². The van der Waals surface area contributed by atoms with Gasteiger partial charge in [0.15, 0.2) is 0 Å². The van der Waals surface area contributed by atoms with E-state index in [0.29, 0.717) is 5.56 Å². The van der Waals surface area contributed by atoms with E-state index in [1.165, 1.54) is 31.3 Å². The van der Waals surface area contributed by atoms with Gasteiger partial charge in [0.2, 0.25) is 26.0 Å². The fraction of sp³-hybridized carbons (Fsp3) is 0.240. The van der Waals surface area contributed by atoms with Crippen LogP contribution in [-0.4, -0.2) is 40.6 Å². The van der Waals surface area contributed by atoms with E-state index in [4.69, 9.17) is 0 Å². The molecule has 2 N–H and O–H groups in total. The molecule has 0 aromatic heterocycles. The van der Waals surface area contributed by atoms with Crippen molar-refractivity contribution >= 4 is 31.6 Å². The van der Waals surface area contributed by atoms with Gasteiger partial charge in [0.1, 0.15) is 0 Å². The zero-order chi connectivity index (χ0) is 25.8. The number of nitrogens with one attached hydrogen (secondary N) is 2. The third-order valence-corrected chi connectivity index (χ3v) is 8.70. The molecule has 0 aliphatic rings. The lowest BCUT2D eigenvalue weighted by atomic mass is 10.1. The fourth-order valence-corrected chi connectivity index (χ4v) is 5.61. The molecule has 0 spiro atoms. The zero-order valence-electron chi connectivity index (χ0n) is 20.1. The zero-order valence-corrected chi connectivity index (χ0v) is 21.7. The SMILES string of the molecule is CNS(=O)(=O)c1ccc(C)c(NC(=O)CN(Cc2cccc(C)c2)S(=O)(=O)c2ccc(C)cc2)c1. The second kappa shape index (κ2) is 10.7. The summed E-state index contributed by atoms with van der Waals surface area (Å²) in [6.45, 7) is 5.03. The number of hydrogen-bond donors (Lipinski definition) is 2. The van der Waals surface area contributed by atoms with Crippen molar-refractivity contribution < 1.29 is 21.6 Å². The van der Waals surface area contributed by atoms with Crippen molar-refractivity contribution in [2.24, 2.45) is 0 Å². The second-order valence-electron chi connectivity index (χ2n) is 8.31. The lowest BCUT2D eigenvalue weighted by Crippen LogP contribution is -2.37. The van der Waals surface area contributed by atoms with E-state index in [1.54, 1.807) is 31.2 Å². The van der Waals surface area contributed by atoms with Crippen molar-refractivity contribution in [1.29, 1.82) is 0 Å². The summed E-state index contributed by atoms with van der Waals surface area (Å²) in [6, 6.07) is 18.2. The van der Waals surface area contributed by atoms with E-state index >= 15 is 0 Å². The molecule has 3 rings (SSSR count). The first-order valence-electron chi connectivity index (χ1n) is 10.9. The lowest BCUT2D eigenvalue weighted by molar-refractivity contribution is -0.116. The molecule has 0 saturated heterocycles. The molecule has 0 atom stereocenters. The van der Waals surface area contributed by atoms with Crippen LogP contribution >= 0.6 is 0 Å². The van der Waals surface area contributed by atoms with Crippen LogP contribution < -0.4 is 10.0 Å². The Bertz CT molecular complexity index is 1430. The van der Waals surface area contributed by atoms with Crippen molar-refractivity contribution in [2.75, 3.05) is 18.9 Å². The number of rotatable bonds is 9. The van der Waals surface area contributed by atoms with E-state index < -0.39 is 32.5 Å². The smallest absolute Gasteiger partial charge is 0.243 e. The minimum atomic E-state index is -4.00. The Morgan fingerprint density at radius 1 is 0.829 bits per heavy atom. The van der Waals surface area contributed by atoms with Crippen LogP contribution in [0.5, 0.6) is 0 Å². The van der Waals surface area contributed by atoms with E-state index in [0.717, 1.165) is 21.0 Å². The third-order valence-electron chi connectivity index (χ3n) is 5.48. The Kier molecular flexibility index (Phi) is 8.11. The molecule has 0 aliphatic carbocycles. The monoisotopic (exact) mass is 515 g/mol. The van der Waals surface area contributed by atoms with Crippen molar-refractivity contribution in [1.82, 2.24) is 9.03 Å². The normalized spacial score (nSPS) is 12.0. The van der Waals surface area contributed by atoms with Crippen LogP contribution in [0.15, 0.2) is 76.5 Å². The molecule has 0 radical (unpaired) electrons. The summed E-state index contributed by atoms with van der Waals surface area (Å²) in [7, 11) is -6.41. The third kappa shape index (κ3) is 6.55. The Morgan fingerprint density at radius 2 is 1.49 bits per heavy atom. The summed E-state index contributed by atoms with van der Waals surface area (Å²) in [5.41, 5.74) is 3.55. The molecule has 3 aromatic rings. The highest BCUT2D eigenvalue weighted by atomic mass is 32.2. The van der Waals surface area contributed by atoms with Gasteiger partial charge < -0.3 is 5.32 Å². The molecule has 0 aliphatic heterocycles. The summed E-state index contributed by atoms with van der Waals surface area (Å²) in [4.78, 5) is 13.1. The average molecular weight is 516 g/mol. The first-order chi connectivity index (χ1) is 16.4. The lowest BCUT2D eigenvalue weighted by Gasteiger charge is -2.22. The van der Waals surface area contributed by atoms with Crippen molar-refractivity contribution in [3.05, 3.63) is 89.0 Å². The van der Waals surface area contributed by atoms with Gasteiger partial charge >= 0.3 is 0 Å². The molecule has 3 aromatic carbocycles. The maximum absolute atomic E-state index is 13.5. The van der Waals surface area contributed by atoms with Crippen LogP contribution in [-0.2, 0) is 31.4 Å². The fourth-order valence-electron chi connectivity index (χ4n) is 3.47. The van der Waals surface area contributed by atoms with Gasteiger partial charge in [-0.1, -0.05) is 53.6 Å². The number of hydrogen-bond acceptors (Lipinski definition) is 5. The van der Waals surface area contributed by atoms with Gasteiger partial charge in [0, 0.05) is 12.2 Å². The van der Waals surface area contributed by atoms with Gasteiger partial charge in [-0.15, -0.1) is 0 Å².